The summed E-state index contributed by atoms with van der Waals surface area (Å²) in [6.45, 7) is 3.66. The third-order valence-corrected chi connectivity index (χ3v) is 8.94. The van der Waals surface area contributed by atoms with Crippen molar-refractivity contribution in [2.45, 2.75) is 63.2 Å². The number of aromatic nitrogens is 2. The van der Waals surface area contributed by atoms with E-state index < -0.39 is 11.6 Å². The maximum atomic E-state index is 13.6. The molecule has 35 heavy (non-hydrogen) atoms. The molecule has 1 saturated carbocycles. The second-order valence-corrected chi connectivity index (χ2v) is 11.4. The largest absolute Gasteiger partial charge is 0.352 e. The number of carbonyl (C=O) groups excluding carboxylic acids is 2. The van der Waals surface area contributed by atoms with Crippen molar-refractivity contribution in [3.63, 3.8) is 0 Å². The van der Waals surface area contributed by atoms with Crippen LogP contribution in [0.5, 0.6) is 0 Å². The van der Waals surface area contributed by atoms with Crippen molar-refractivity contribution in [1.29, 1.82) is 0 Å². The number of fused-ring (bicyclic) bond motifs is 3. The zero-order valence-corrected chi connectivity index (χ0v) is 21.1. The second kappa shape index (κ2) is 8.97. The molecule has 2 aromatic heterocycles. The van der Waals surface area contributed by atoms with Crippen LogP contribution in [0, 0.1) is 0 Å². The topological polar surface area (TPSA) is 107 Å². The lowest BCUT2D eigenvalue weighted by molar-refractivity contribution is -0.0751. The average molecular weight is 513 g/mol. The van der Waals surface area contributed by atoms with Gasteiger partial charge >= 0.3 is 0 Å². The molecule has 3 aromatic rings. The Morgan fingerprint density at radius 2 is 1.94 bits per heavy atom. The van der Waals surface area contributed by atoms with Gasteiger partial charge < -0.3 is 16.0 Å². The predicted molar refractivity (Wildman–Crippen MR) is 136 cm³/mol. The highest BCUT2D eigenvalue weighted by Gasteiger charge is 2.45. The summed E-state index contributed by atoms with van der Waals surface area (Å²) in [7, 11) is 0. The van der Waals surface area contributed by atoms with Gasteiger partial charge in [0, 0.05) is 40.4 Å². The van der Waals surface area contributed by atoms with Crippen molar-refractivity contribution in [2.75, 3.05) is 13.1 Å². The summed E-state index contributed by atoms with van der Waals surface area (Å²) in [6.07, 6.45) is 5.34. The zero-order valence-electron chi connectivity index (χ0n) is 19.5. The monoisotopic (exact) mass is 512 g/mol. The molecule has 2 unspecified atom stereocenters. The van der Waals surface area contributed by atoms with Crippen LogP contribution in [0.4, 0.5) is 0 Å². The molecule has 2 atom stereocenters. The first-order valence-corrected chi connectivity index (χ1v) is 13.5. The van der Waals surface area contributed by atoms with Gasteiger partial charge in [-0.2, -0.15) is 0 Å². The van der Waals surface area contributed by atoms with E-state index in [1.807, 2.05) is 12.1 Å². The number of hydrogen-bond donors (Lipinski definition) is 3. The fourth-order valence-electron chi connectivity index (χ4n) is 5.66. The first kappa shape index (κ1) is 23.1. The predicted octanol–water partition coefficient (Wildman–Crippen LogP) is 3.86. The highest BCUT2D eigenvalue weighted by molar-refractivity contribution is 7.13. The van der Waals surface area contributed by atoms with Crippen LogP contribution >= 0.6 is 22.9 Å². The average Bonchev–Trinajstić information content (AvgIpc) is 3.47. The fraction of sp³-hybridized carbons (Fsp3) is 0.480. The minimum absolute atomic E-state index is 0.182. The Balaban J connectivity index is 1.22. The molecule has 1 saturated heterocycles. The van der Waals surface area contributed by atoms with Crippen LogP contribution in [0.2, 0.25) is 5.02 Å². The van der Waals surface area contributed by atoms with Gasteiger partial charge in [-0.15, -0.1) is 11.3 Å². The van der Waals surface area contributed by atoms with E-state index in [9.17, 15) is 9.59 Å². The normalized spacial score (nSPS) is 25.3. The van der Waals surface area contributed by atoms with Crippen LogP contribution in [0.1, 0.15) is 69.4 Å². The number of aromatic amines is 1. The van der Waals surface area contributed by atoms with E-state index in [1.165, 1.54) is 24.2 Å². The lowest BCUT2D eigenvalue weighted by Crippen LogP contribution is -2.64. The molecular weight excluding hydrogens is 484 g/mol. The Bertz CT molecular complexity index is 1270. The number of nitrogens with one attached hydrogen (secondary N) is 2. The molecule has 0 spiro atoms. The molecule has 2 aliphatic heterocycles. The van der Waals surface area contributed by atoms with Crippen LogP contribution < -0.4 is 11.1 Å². The minimum Gasteiger partial charge on any atom is -0.352 e. The van der Waals surface area contributed by atoms with E-state index in [0.29, 0.717) is 28.6 Å². The number of amides is 1. The highest BCUT2D eigenvalue weighted by atomic mass is 35.5. The number of carbonyl (C=O) groups is 2. The number of nitrogens with zero attached hydrogens (tertiary/aromatic N) is 3. The van der Waals surface area contributed by atoms with Gasteiger partial charge in [0.05, 0.1) is 24.0 Å². The number of H-pyrrole nitrogens is 1. The van der Waals surface area contributed by atoms with Gasteiger partial charge in [-0.1, -0.05) is 24.4 Å². The molecular formula is C25H29ClN6O2S. The lowest BCUT2D eigenvalue weighted by atomic mass is 9.74. The zero-order chi connectivity index (χ0) is 24.2. The molecule has 6 rings (SSSR count). The van der Waals surface area contributed by atoms with Crippen molar-refractivity contribution in [3.8, 4) is 0 Å². The summed E-state index contributed by atoms with van der Waals surface area (Å²) in [5.41, 5.74) is 7.89. The molecule has 10 heteroatoms. The number of benzene rings is 1. The third-order valence-electron chi connectivity index (χ3n) is 7.62. The number of rotatable bonds is 4. The smallest absolute Gasteiger partial charge is 0.280 e. The molecule has 184 valence electrons. The Morgan fingerprint density at radius 1 is 1.14 bits per heavy atom. The highest BCUT2D eigenvalue weighted by Crippen LogP contribution is 2.33. The molecule has 4 N–H and O–H groups in total. The van der Waals surface area contributed by atoms with Crippen LogP contribution in [0.3, 0.4) is 0 Å². The number of hydrogen-bond acceptors (Lipinski definition) is 7. The van der Waals surface area contributed by atoms with Gasteiger partial charge in [-0.3, -0.25) is 9.59 Å². The van der Waals surface area contributed by atoms with Crippen molar-refractivity contribution in [3.05, 3.63) is 50.6 Å². The Hall–Kier alpha value is -2.30. The molecule has 4 heterocycles. The standard InChI is InChI=1S/C25H29ClN6O2S/c26-16-6-7-17-15(11-16)12-18(28-17)22(33)25(27)8-2-1-5-21(25)30-23(34)24-29-19-13-31-9-3-4-10-32(31)14-20(19)35-24/h6-7,11-12,21,28H,1-5,8-10,13-14,27H2,(H,30,34). The Kier molecular flexibility index (Phi) is 5.93. The summed E-state index contributed by atoms with van der Waals surface area (Å²) in [5, 5.41) is 9.72. The van der Waals surface area contributed by atoms with Crippen LogP contribution in [0.25, 0.3) is 10.9 Å². The third kappa shape index (κ3) is 4.19. The number of Topliss-reactive ketones (excluding diaryl/α,β-unsaturated/α-hetero) is 1. The molecule has 0 radical (unpaired) electrons. The van der Waals surface area contributed by atoms with E-state index in [0.717, 1.165) is 60.5 Å². The first-order chi connectivity index (χ1) is 16.9. The minimum atomic E-state index is -1.18. The van der Waals surface area contributed by atoms with E-state index in [-0.39, 0.29) is 11.7 Å². The Morgan fingerprint density at radius 3 is 2.77 bits per heavy atom. The number of nitrogens with two attached hydrogens (primary N) is 1. The molecule has 1 amide bonds. The summed E-state index contributed by atoms with van der Waals surface area (Å²) in [4.78, 5) is 36.0. The number of halogens is 1. The summed E-state index contributed by atoms with van der Waals surface area (Å²) < 4.78 is 0. The summed E-state index contributed by atoms with van der Waals surface area (Å²) >= 11 is 7.58. The fourth-order valence-corrected chi connectivity index (χ4v) is 6.83. The van der Waals surface area contributed by atoms with E-state index in [4.69, 9.17) is 17.3 Å². The number of ketones is 1. The Labute approximate surface area is 212 Å². The quantitative estimate of drug-likeness (QED) is 0.458. The number of hydrazine groups is 1. The van der Waals surface area contributed by atoms with Crippen molar-refractivity contribution in [2.24, 2.45) is 5.73 Å². The van der Waals surface area contributed by atoms with Crippen molar-refractivity contribution in [1.82, 2.24) is 25.3 Å². The van der Waals surface area contributed by atoms with Gasteiger partial charge in [0.15, 0.2) is 5.01 Å². The number of thiazole rings is 1. The summed E-state index contributed by atoms with van der Waals surface area (Å²) in [6, 6.07) is 6.80. The first-order valence-electron chi connectivity index (χ1n) is 12.3. The lowest BCUT2D eigenvalue weighted by Gasteiger charge is -2.41. The van der Waals surface area contributed by atoms with Crippen LogP contribution in [-0.4, -0.2) is 56.3 Å². The van der Waals surface area contributed by atoms with Crippen LogP contribution in [0.15, 0.2) is 24.3 Å². The molecule has 8 nitrogen and oxygen atoms in total. The van der Waals surface area contributed by atoms with Gasteiger partial charge in [0.1, 0.15) is 5.54 Å². The second-order valence-electron chi connectivity index (χ2n) is 9.93. The maximum Gasteiger partial charge on any atom is 0.280 e. The van der Waals surface area contributed by atoms with Gasteiger partial charge in [-0.05, 0) is 49.9 Å². The van der Waals surface area contributed by atoms with Crippen LogP contribution in [-0.2, 0) is 13.1 Å². The van der Waals surface area contributed by atoms with Gasteiger partial charge in [-0.25, -0.2) is 15.0 Å². The van der Waals surface area contributed by atoms with Crippen molar-refractivity contribution < 1.29 is 9.59 Å². The molecule has 1 aliphatic carbocycles. The van der Waals surface area contributed by atoms with Gasteiger partial charge in [0.25, 0.3) is 5.91 Å². The molecule has 0 bridgehead atoms. The summed E-state index contributed by atoms with van der Waals surface area (Å²) in [5.74, 6) is -0.423. The molecule has 2 fully saturated rings. The van der Waals surface area contributed by atoms with Gasteiger partial charge in [0.2, 0.25) is 5.78 Å². The van der Waals surface area contributed by atoms with E-state index >= 15 is 0 Å². The van der Waals surface area contributed by atoms with Crippen molar-refractivity contribution >= 4 is 45.5 Å². The van der Waals surface area contributed by atoms with E-state index in [2.05, 4.69) is 25.3 Å². The molecule has 1 aromatic carbocycles. The SMILES string of the molecule is NC1(C(=O)c2cc3cc(Cl)ccc3[nH]2)CCCCC1NC(=O)c1nc2c(s1)CN1CCCCN1C2. The maximum absolute atomic E-state index is 13.6. The molecule has 3 aliphatic rings. The van der Waals surface area contributed by atoms with E-state index in [1.54, 1.807) is 12.1 Å².